The molecule has 1 aliphatic rings. The molecule has 1 heterocycles. The summed E-state index contributed by atoms with van der Waals surface area (Å²) in [4.78, 5) is 2.55. The lowest BCUT2D eigenvalue weighted by Gasteiger charge is -2.23. The molecule has 1 N–H and O–H groups in total. The van der Waals surface area contributed by atoms with Gasteiger partial charge in [-0.3, -0.25) is 4.90 Å². The average Bonchev–Trinajstić information content (AvgIpc) is 2.89. The summed E-state index contributed by atoms with van der Waals surface area (Å²) in [6.07, 6.45) is 2.79. The summed E-state index contributed by atoms with van der Waals surface area (Å²) in [7, 11) is 0. The molecular formula is C17H27ClN2O. The third-order valence-electron chi connectivity index (χ3n) is 3.99. The van der Waals surface area contributed by atoms with Crippen molar-refractivity contribution in [2.45, 2.75) is 52.3 Å². The van der Waals surface area contributed by atoms with Crippen LogP contribution in [0.2, 0.25) is 5.02 Å². The topological polar surface area (TPSA) is 24.5 Å². The monoisotopic (exact) mass is 310 g/mol. The maximum absolute atomic E-state index is 6.11. The van der Waals surface area contributed by atoms with Crippen molar-refractivity contribution < 1.29 is 4.74 Å². The molecule has 2 rings (SSSR count). The molecule has 118 valence electrons. The van der Waals surface area contributed by atoms with E-state index in [1.807, 2.05) is 32.0 Å². The average molecular weight is 311 g/mol. The summed E-state index contributed by atoms with van der Waals surface area (Å²) in [6.45, 7) is 10.5. The van der Waals surface area contributed by atoms with Crippen LogP contribution in [0.5, 0.6) is 5.75 Å². The van der Waals surface area contributed by atoms with E-state index in [0.717, 1.165) is 36.0 Å². The lowest BCUT2D eigenvalue weighted by atomic mass is 10.1. The van der Waals surface area contributed by atoms with Gasteiger partial charge in [0, 0.05) is 29.7 Å². The van der Waals surface area contributed by atoms with Crippen LogP contribution in [-0.4, -0.2) is 36.7 Å². The van der Waals surface area contributed by atoms with Gasteiger partial charge in [-0.25, -0.2) is 0 Å². The summed E-state index contributed by atoms with van der Waals surface area (Å²) in [5, 5.41) is 4.33. The second kappa shape index (κ2) is 8.02. The number of nitrogens with zero attached hydrogens (tertiary/aromatic N) is 1. The summed E-state index contributed by atoms with van der Waals surface area (Å²) in [5.74, 6) is 0.931. The standard InChI is InChI=1S/C17H27ClN2O/c1-4-20-9-5-6-16(20)12-19-11-14-10-15(18)7-8-17(14)21-13(2)3/h7-8,10,13,16,19H,4-6,9,11-12H2,1-3H3/t16-/m1/s1. The van der Waals surface area contributed by atoms with Crippen molar-refractivity contribution in [2.75, 3.05) is 19.6 Å². The maximum atomic E-state index is 6.11. The van der Waals surface area contributed by atoms with Crippen LogP contribution in [0.3, 0.4) is 0 Å². The normalized spacial score (nSPS) is 19.4. The third-order valence-corrected chi connectivity index (χ3v) is 4.22. The van der Waals surface area contributed by atoms with E-state index < -0.39 is 0 Å². The van der Waals surface area contributed by atoms with Gasteiger partial charge in [-0.05, 0) is 58.0 Å². The Morgan fingerprint density at radius 2 is 2.24 bits per heavy atom. The number of likely N-dealkylation sites (N-methyl/N-ethyl adjacent to an activating group) is 1. The molecule has 1 saturated heterocycles. The van der Waals surface area contributed by atoms with Gasteiger partial charge in [0.25, 0.3) is 0 Å². The van der Waals surface area contributed by atoms with Crippen molar-refractivity contribution in [3.63, 3.8) is 0 Å². The molecule has 0 amide bonds. The molecule has 0 bridgehead atoms. The molecule has 21 heavy (non-hydrogen) atoms. The molecular weight excluding hydrogens is 284 g/mol. The number of halogens is 1. The summed E-state index contributed by atoms with van der Waals surface area (Å²) in [5.41, 5.74) is 1.14. The Balaban J connectivity index is 1.91. The molecule has 1 fully saturated rings. The highest BCUT2D eigenvalue weighted by Crippen LogP contribution is 2.24. The van der Waals surface area contributed by atoms with Crippen LogP contribution in [-0.2, 0) is 6.54 Å². The molecule has 1 aromatic rings. The van der Waals surface area contributed by atoms with Crippen molar-refractivity contribution in [2.24, 2.45) is 0 Å². The molecule has 0 unspecified atom stereocenters. The minimum atomic E-state index is 0.176. The van der Waals surface area contributed by atoms with Gasteiger partial charge in [-0.2, -0.15) is 0 Å². The maximum Gasteiger partial charge on any atom is 0.124 e. The van der Waals surface area contributed by atoms with Crippen LogP contribution in [0.15, 0.2) is 18.2 Å². The minimum Gasteiger partial charge on any atom is -0.491 e. The molecule has 1 aromatic carbocycles. The van der Waals surface area contributed by atoms with Crippen molar-refractivity contribution in [3.8, 4) is 5.75 Å². The smallest absolute Gasteiger partial charge is 0.124 e. The first-order chi connectivity index (χ1) is 10.1. The number of nitrogens with one attached hydrogen (secondary N) is 1. The van der Waals surface area contributed by atoms with Gasteiger partial charge >= 0.3 is 0 Å². The van der Waals surface area contributed by atoms with E-state index in [2.05, 4.69) is 17.1 Å². The number of ether oxygens (including phenoxy) is 1. The van der Waals surface area contributed by atoms with E-state index in [9.17, 15) is 0 Å². The predicted molar refractivity (Wildman–Crippen MR) is 89.2 cm³/mol. The lowest BCUT2D eigenvalue weighted by Crippen LogP contribution is -2.37. The Bertz CT molecular complexity index is 450. The quantitative estimate of drug-likeness (QED) is 0.831. The first-order valence-corrected chi connectivity index (χ1v) is 8.37. The zero-order chi connectivity index (χ0) is 15.2. The highest BCUT2D eigenvalue weighted by atomic mass is 35.5. The minimum absolute atomic E-state index is 0.176. The SMILES string of the molecule is CCN1CCC[C@@H]1CNCc1cc(Cl)ccc1OC(C)C. The van der Waals surface area contributed by atoms with Gasteiger partial charge in [0.05, 0.1) is 6.10 Å². The highest BCUT2D eigenvalue weighted by Gasteiger charge is 2.22. The first kappa shape index (κ1) is 16.6. The second-order valence-corrected chi connectivity index (χ2v) is 6.41. The molecule has 0 spiro atoms. The van der Waals surface area contributed by atoms with Crippen LogP contribution in [0.25, 0.3) is 0 Å². The molecule has 1 aliphatic heterocycles. The number of benzene rings is 1. The van der Waals surface area contributed by atoms with Gasteiger partial charge < -0.3 is 10.1 Å². The van der Waals surface area contributed by atoms with E-state index in [-0.39, 0.29) is 6.10 Å². The molecule has 4 heteroatoms. The second-order valence-electron chi connectivity index (χ2n) is 5.97. The van der Waals surface area contributed by atoms with Gasteiger partial charge in [0.1, 0.15) is 5.75 Å². The number of rotatable bonds is 7. The molecule has 0 aliphatic carbocycles. The van der Waals surface area contributed by atoms with Crippen LogP contribution >= 0.6 is 11.6 Å². The fourth-order valence-electron chi connectivity index (χ4n) is 2.97. The zero-order valence-corrected chi connectivity index (χ0v) is 14.1. The van der Waals surface area contributed by atoms with Gasteiger partial charge in [-0.15, -0.1) is 0 Å². The molecule has 1 atom stereocenters. The number of likely N-dealkylation sites (tertiary alicyclic amines) is 1. The van der Waals surface area contributed by atoms with E-state index in [4.69, 9.17) is 16.3 Å². The van der Waals surface area contributed by atoms with Crippen LogP contribution < -0.4 is 10.1 Å². The van der Waals surface area contributed by atoms with Crippen molar-refractivity contribution >= 4 is 11.6 Å². The lowest BCUT2D eigenvalue weighted by molar-refractivity contribution is 0.238. The Morgan fingerprint density at radius 1 is 1.43 bits per heavy atom. The largest absolute Gasteiger partial charge is 0.491 e. The molecule has 0 aromatic heterocycles. The van der Waals surface area contributed by atoms with Crippen molar-refractivity contribution in [3.05, 3.63) is 28.8 Å². The van der Waals surface area contributed by atoms with E-state index >= 15 is 0 Å². The third kappa shape index (κ3) is 4.87. The predicted octanol–water partition coefficient (Wildman–Crippen LogP) is 3.70. The van der Waals surface area contributed by atoms with E-state index in [1.54, 1.807) is 0 Å². The van der Waals surface area contributed by atoms with Crippen LogP contribution in [0, 0.1) is 0 Å². The van der Waals surface area contributed by atoms with Gasteiger partial charge in [0.2, 0.25) is 0 Å². The Morgan fingerprint density at radius 3 is 2.95 bits per heavy atom. The Kier molecular flexibility index (Phi) is 6.34. The molecule has 3 nitrogen and oxygen atoms in total. The van der Waals surface area contributed by atoms with Crippen molar-refractivity contribution in [1.82, 2.24) is 10.2 Å². The van der Waals surface area contributed by atoms with Crippen LogP contribution in [0.1, 0.15) is 39.2 Å². The van der Waals surface area contributed by atoms with E-state index in [0.29, 0.717) is 6.04 Å². The Hall–Kier alpha value is -0.770. The van der Waals surface area contributed by atoms with Crippen LogP contribution in [0.4, 0.5) is 0 Å². The summed E-state index contributed by atoms with van der Waals surface area (Å²) >= 11 is 6.11. The first-order valence-electron chi connectivity index (χ1n) is 8.00. The highest BCUT2D eigenvalue weighted by molar-refractivity contribution is 6.30. The fraction of sp³-hybridized carbons (Fsp3) is 0.647. The summed E-state index contributed by atoms with van der Waals surface area (Å²) in [6, 6.07) is 6.52. The summed E-state index contributed by atoms with van der Waals surface area (Å²) < 4.78 is 5.86. The fourth-order valence-corrected chi connectivity index (χ4v) is 3.17. The number of hydrogen-bond donors (Lipinski definition) is 1. The zero-order valence-electron chi connectivity index (χ0n) is 13.4. The molecule has 0 saturated carbocycles. The van der Waals surface area contributed by atoms with Gasteiger partial charge in [-0.1, -0.05) is 18.5 Å². The van der Waals surface area contributed by atoms with E-state index in [1.165, 1.54) is 19.4 Å². The Labute approximate surface area is 133 Å². The van der Waals surface area contributed by atoms with Crippen molar-refractivity contribution in [1.29, 1.82) is 0 Å². The van der Waals surface area contributed by atoms with Gasteiger partial charge in [0.15, 0.2) is 0 Å². The number of hydrogen-bond acceptors (Lipinski definition) is 3. The molecule has 0 radical (unpaired) electrons.